The highest BCUT2D eigenvalue weighted by Crippen LogP contribution is 2.32. The summed E-state index contributed by atoms with van der Waals surface area (Å²) in [6.07, 6.45) is 3.32. The molecule has 1 aliphatic carbocycles. The fraction of sp³-hybridized carbons (Fsp3) is 0.684. The van der Waals surface area contributed by atoms with Crippen LogP contribution in [0.3, 0.4) is 0 Å². The van der Waals surface area contributed by atoms with Crippen LogP contribution in [0.1, 0.15) is 38.7 Å². The fourth-order valence-corrected chi connectivity index (χ4v) is 3.56. The van der Waals surface area contributed by atoms with Crippen molar-refractivity contribution in [1.82, 2.24) is 5.32 Å². The first-order valence-electron chi connectivity index (χ1n) is 9.01. The van der Waals surface area contributed by atoms with E-state index in [0.29, 0.717) is 31.7 Å². The average molecular weight is 335 g/mol. The van der Waals surface area contributed by atoms with Crippen molar-refractivity contribution in [2.75, 3.05) is 19.9 Å². The molecule has 4 unspecified atom stereocenters. The van der Waals surface area contributed by atoms with Gasteiger partial charge in [0.15, 0.2) is 11.5 Å². The van der Waals surface area contributed by atoms with E-state index in [4.69, 9.17) is 14.2 Å². The molecule has 0 radical (unpaired) electrons. The summed E-state index contributed by atoms with van der Waals surface area (Å²) in [6, 6.07) is 6.30. The third-order valence-electron chi connectivity index (χ3n) is 5.34. The molecule has 24 heavy (non-hydrogen) atoms. The Balaban J connectivity index is 1.36. The van der Waals surface area contributed by atoms with Gasteiger partial charge in [0.05, 0.1) is 19.3 Å². The van der Waals surface area contributed by atoms with Gasteiger partial charge in [-0.15, -0.1) is 0 Å². The molecule has 0 saturated heterocycles. The topological polar surface area (TPSA) is 60.0 Å². The molecule has 1 heterocycles. The SMILES string of the molecule is CC1CCCC(NCC(O)COCc2ccc3c(c2)OCO3)C1C. The number of aliphatic hydroxyl groups is 1. The van der Waals surface area contributed by atoms with Crippen LogP contribution in [0.15, 0.2) is 18.2 Å². The number of benzene rings is 1. The molecular formula is C19H29NO4. The predicted octanol–water partition coefficient (Wildman–Crippen LogP) is 2.71. The van der Waals surface area contributed by atoms with Crippen molar-refractivity contribution in [1.29, 1.82) is 0 Å². The van der Waals surface area contributed by atoms with Gasteiger partial charge in [-0.05, 0) is 36.0 Å². The van der Waals surface area contributed by atoms with Crippen LogP contribution in [0.4, 0.5) is 0 Å². The first kappa shape index (κ1) is 17.5. The number of rotatable bonds is 7. The molecule has 0 amide bonds. The number of hydrogen-bond donors (Lipinski definition) is 2. The maximum Gasteiger partial charge on any atom is 0.231 e. The molecule has 134 valence electrons. The molecule has 5 heteroatoms. The van der Waals surface area contributed by atoms with Crippen LogP contribution in [-0.2, 0) is 11.3 Å². The number of aliphatic hydroxyl groups excluding tert-OH is 1. The summed E-state index contributed by atoms with van der Waals surface area (Å²) in [6.45, 7) is 6.29. The van der Waals surface area contributed by atoms with E-state index in [1.807, 2.05) is 18.2 Å². The molecule has 1 fully saturated rings. The van der Waals surface area contributed by atoms with Crippen LogP contribution in [0.5, 0.6) is 11.5 Å². The van der Waals surface area contributed by atoms with Crippen molar-refractivity contribution in [3.8, 4) is 11.5 Å². The van der Waals surface area contributed by atoms with Crippen molar-refractivity contribution < 1.29 is 19.3 Å². The summed E-state index contributed by atoms with van der Waals surface area (Å²) in [7, 11) is 0. The van der Waals surface area contributed by atoms with Gasteiger partial charge in [0.2, 0.25) is 6.79 Å². The molecule has 0 spiro atoms. The van der Waals surface area contributed by atoms with Gasteiger partial charge >= 0.3 is 0 Å². The lowest BCUT2D eigenvalue weighted by atomic mass is 9.78. The molecule has 1 aromatic rings. The molecule has 1 aliphatic heterocycles. The molecule has 1 aromatic carbocycles. The van der Waals surface area contributed by atoms with Crippen molar-refractivity contribution in [3.63, 3.8) is 0 Å². The normalized spacial score (nSPS) is 27.2. The molecule has 4 atom stereocenters. The van der Waals surface area contributed by atoms with Crippen LogP contribution in [0.2, 0.25) is 0 Å². The Morgan fingerprint density at radius 2 is 2.08 bits per heavy atom. The highest BCUT2D eigenvalue weighted by atomic mass is 16.7. The average Bonchev–Trinajstić information content (AvgIpc) is 3.04. The zero-order chi connectivity index (χ0) is 16.9. The van der Waals surface area contributed by atoms with E-state index < -0.39 is 6.10 Å². The lowest BCUT2D eigenvalue weighted by molar-refractivity contribution is 0.0250. The highest BCUT2D eigenvalue weighted by molar-refractivity contribution is 5.44. The third-order valence-corrected chi connectivity index (χ3v) is 5.34. The van der Waals surface area contributed by atoms with Gasteiger partial charge in [-0.3, -0.25) is 0 Å². The highest BCUT2D eigenvalue weighted by Gasteiger charge is 2.26. The fourth-order valence-electron chi connectivity index (χ4n) is 3.56. The van der Waals surface area contributed by atoms with Gasteiger partial charge in [0.25, 0.3) is 0 Å². The summed E-state index contributed by atoms with van der Waals surface area (Å²) in [5.41, 5.74) is 1.02. The van der Waals surface area contributed by atoms with E-state index in [0.717, 1.165) is 23.0 Å². The van der Waals surface area contributed by atoms with E-state index in [2.05, 4.69) is 19.2 Å². The Kier molecular flexibility index (Phi) is 5.98. The van der Waals surface area contributed by atoms with Crippen molar-refractivity contribution in [2.45, 2.75) is 51.9 Å². The van der Waals surface area contributed by atoms with Gasteiger partial charge in [-0.25, -0.2) is 0 Å². The molecule has 2 N–H and O–H groups in total. The summed E-state index contributed by atoms with van der Waals surface area (Å²) in [4.78, 5) is 0. The Hall–Kier alpha value is -1.30. The monoisotopic (exact) mass is 335 g/mol. The van der Waals surface area contributed by atoms with Crippen LogP contribution >= 0.6 is 0 Å². The Morgan fingerprint density at radius 3 is 2.96 bits per heavy atom. The second kappa shape index (κ2) is 8.19. The number of ether oxygens (including phenoxy) is 3. The predicted molar refractivity (Wildman–Crippen MR) is 92.2 cm³/mol. The Morgan fingerprint density at radius 1 is 1.25 bits per heavy atom. The van der Waals surface area contributed by atoms with Crippen molar-refractivity contribution in [3.05, 3.63) is 23.8 Å². The first-order chi connectivity index (χ1) is 11.6. The molecule has 3 rings (SSSR count). The largest absolute Gasteiger partial charge is 0.454 e. The second-order valence-electron chi connectivity index (χ2n) is 7.14. The standard InChI is InChI=1S/C19H29NO4/c1-13-4-3-5-17(14(13)2)20-9-16(21)11-22-10-15-6-7-18-19(8-15)24-12-23-18/h6-8,13-14,16-17,20-21H,3-5,9-12H2,1-2H3. The van der Waals surface area contributed by atoms with Gasteiger partial charge in [-0.1, -0.05) is 32.8 Å². The van der Waals surface area contributed by atoms with Crippen LogP contribution < -0.4 is 14.8 Å². The van der Waals surface area contributed by atoms with Crippen molar-refractivity contribution in [2.24, 2.45) is 11.8 Å². The quantitative estimate of drug-likeness (QED) is 0.802. The maximum atomic E-state index is 10.1. The Labute approximate surface area is 144 Å². The zero-order valence-corrected chi connectivity index (χ0v) is 14.7. The van der Waals surface area contributed by atoms with E-state index in [-0.39, 0.29) is 6.79 Å². The van der Waals surface area contributed by atoms with E-state index >= 15 is 0 Å². The van der Waals surface area contributed by atoms with Crippen LogP contribution in [0, 0.1) is 11.8 Å². The van der Waals surface area contributed by atoms with Crippen molar-refractivity contribution >= 4 is 0 Å². The lowest BCUT2D eigenvalue weighted by Gasteiger charge is -2.35. The van der Waals surface area contributed by atoms with Gasteiger partial charge < -0.3 is 24.6 Å². The lowest BCUT2D eigenvalue weighted by Crippen LogP contribution is -2.44. The summed E-state index contributed by atoms with van der Waals surface area (Å²) in [5, 5.41) is 13.7. The number of hydrogen-bond acceptors (Lipinski definition) is 5. The zero-order valence-electron chi connectivity index (χ0n) is 14.7. The van der Waals surface area contributed by atoms with Crippen LogP contribution in [0.25, 0.3) is 0 Å². The molecule has 1 saturated carbocycles. The minimum atomic E-state index is -0.483. The maximum absolute atomic E-state index is 10.1. The molecule has 0 bridgehead atoms. The second-order valence-corrected chi connectivity index (χ2v) is 7.14. The molecule has 2 aliphatic rings. The summed E-state index contributed by atoms with van der Waals surface area (Å²) >= 11 is 0. The summed E-state index contributed by atoms with van der Waals surface area (Å²) in [5.74, 6) is 2.97. The van der Waals surface area contributed by atoms with Crippen LogP contribution in [-0.4, -0.2) is 37.2 Å². The van der Waals surface area contributed by atoms with E-state index in [1.165, 1.54) is 19.3 Å². The minimum absolute atomic E-state index is 0.280. The Bertz CT molecular complexity index is 536. The van der Waals surface area contributed by atoms with Gasteiger partial charge in [0.1, 0.15) is 0 Å². The summed E-state index contributed by atoms with van der Waals surface area (Å²) < 4.78 is 16.3. The van der Waals surface area contributed by atoms with E-state index in [9.17, 15) is 5.11 Å². The molecule has 0 aromatic heterocycles. The van der Waals surface area contributed by atoms with Gasteiger partial charge in [-0.2, -0.15) is 0 Å². The minimum Gasteiger partial charge on any atom is -0.454 e. The van der Waals surface area contributed by atoms with Gasteiger partial charge in [0, 0.05) is 12.6 Å². The molecular weight excluding hydrogens is 306 g/mol. The number of nitrogens with one attached hydrogen (secondary N) is 1. The first-order valence-corrected chi connectivity index (χ1v) is 9.01. The molecule has 5 nitrogen and oxygen atoms in total. The number of fused-ring (bicyclic) bond motifs is 1. The van der Waals surface area contributed by atoms with E-state index in [1.54, 1.807) is 0 Å². The third kappa shape index (κ3) is 4.41. The smallest absolute Gasteiger partial charge is 0.231 e.